The molecule has 1 atom stereocenters. The highest BCUT2D eigenvalue weighted by Gasteiger charge is 2.47. The zero-order valence-electron chi connectivity index (χ0n) is 12.5. The monoisotopic (exact) mass is 315 g/mol. The number of aryl methyl sites for hydroxylation is 1. The lowest BCUT2D eigenvalue weighted by atomic mass is 10.0. The SMILES string of the molecule is Cc1cc(NC(=O)[C@@]2(C)Oc3cccnc3NC2=O)ccc1F. The number of amides is 2. The van der Waals surface area contributed by atoms with E-state index in [0.717, 1.165) is 0 Å². The number of nitrogens with one attached hydrogen (secondary N) is 2. The molecule has 2 N–H and O–H groups in total. The van der Waals surface area contributed by atoms with Crippen LogP contribution in [0.15, 0.2) is 36.5 Å². The normalized spacial score (nSPS) is 19.3. The fourth-order valence-corrected chi connectivity index (χ4v) is 2.18. The Bertz CT molecular complexity index is 809. The second-order valence-electron chi connectivity index (χ2n) is 5.36. The fraction of sp³-hybridized carbons (Fsp3) is 0.188. The highest BCUT2D eigenvalue weighted by Crippen LogP contribution is 2.32. The van der Waals surface area contributed by atoms with Crippen LogP contribution < -0.4 is 15.4 Å². The minimum Gasteiger partial charge on any atom is -0.464 e. The molecule has 3 rings (SSSR count). The Morgan fingerprint density at radius 1 is 1.39 bits per heavy atom. The average Bonchev–Trinajstić information content (AvgIpc) is 2.52. The van der Waals surface area contributed by atoms with Crippen LogP contribution in [-0.4, -0.2) is 22.4 Å². The summed E-state index contributed by atoms with van der Waals surface area (Å²) in [5.41, 5.74) is -0.988. The van der Waals surface area contributed by atoms with Crippen molar-refractivity contribution in [1.29, 1.82) is 0 Å². The molecule has 2 aromatic rings. The van der Waals surface area contributed by atoms with Gasteiger partial charge < -0.3 is 15.4 Å². The van der Waals surface area contributed by atoms with Crippen molar-refractivity contribution in [3.8, 4) is 5.75 Å². The summed E-state index contributed by atoms with van der Waals surface area (Å²) in [7, 11) is 0. The number of anilines is 2. The largest absolute Gasteiger partial charge is 0.464 e. The zero-order chi connectivity index (χ0) is 16.6. The second-order valence-corrected chi connectivity index (χ2v) is 5.36. The average molecular weight is 315 g/mol. The summed E-state index contributed by atoms with van der Waals surface area (Å²) < 4.78 is 18.8. The van der Waals surface area contributed by atoms with Crippen LogP contribution in [0.5, 0.6) is 5.75 Å². The number of carbonyl (C=O) groups excluding carboxylic acids is 2. The molecule has 0 fully saturated rings. The maximum Gasteiger partial charge on any atom is 0.279 e. The number of aromatic nitrogens is 1. The number of halogens is 1. The molecule has 2 heterocycles. The Balaban J connectivity index is 1.86. The molecule has 0 radical (unpaired) electrons. The minimum absolute atomic E-state index is 0.264. The van der Waals surface area contributed by atoms with Gasteiger partial charge in [-0.25, -0.2) is 9.37 Å². The molecular weight excluding hydrogens is 301 g/mol. The van der Waals surface area contributed by atoms with Gasteiger partial charge in [0.15, 0.2) is 11.6 Å². The first-order chi connectivity index (χ1) is 10.9. The minimum atomic E-state index is -1.75. The Hall–Kier alpha value is -2.96. The van der Waals surface area contributed by atoms with Crippen LogP contribution in [0.4, 0.5) is 15.9 Å². The number of fused-ring (bicyclic) bond motifs is 1. The molecule has 7 heteroatoms. The van der Waals surface area contributed by atoms with Gasteiger partial charge in [0.2, 0.25) is 0 Å². The number of pyridine rings is 1. The van der Waals surface area contributed by atoms with E-state index in [1.165, 1.54) is 31.3 Å². The summed E-state index contributed by atoms with van der Waals surface area (Å²) in [5.74, 6) is -1.09. The van der Waals surface area contributed by atoms with Crippen molar-refractivity contribution >= 4 is 23.3 Å². The Morgan fingerprint density at radius 2 is 2.17 bits per heavy atom. The van der Waals surface area contributed by atoms with Gasteiger partial charge in [-0.15, -0.1) is 0 Å². The molecular formula is C16H14FN3O3. The third kappa shape index (κ3) is 2.61. The maximum atomic E-state index is 13.3. The molecule has 0 saturated heterocycles. The van der Waals surface area contributed by atoms with Gasteiger partial charge in [-0.2, -0.15) is 0 Å². The van der Waals surface area contributed by atoms with Crippen molar-refractivity contribution in [1.82, 2.24) is 4.98 Å². The molecule has 23 heavy (non-hydrogen) atoms. The summed E-state index contributed by atoms with van der Waals surface area (Å²) in [5, 5.41) is 5.11. The standard InChI is InChI=1S/C16H14FN3O3/c1-9-8-10(5-6-11(9)17)19-14(21)16(2)15(22)20-13-12(23-16)4-3-7-18-13/h3-8H,1-2H3,(H,19,21)(H,18,20,22)/t16-/m1/s1. The van der Waals surface area contributed by atoms with Gasteiger partial charge in [0.25, 0.3) is 17.4 Å². The second kappa shape index (κ2) is 5.35. The molecule has 0 spiro atoms. The molecule has 2 amide bonds. The fourth-order valence-electron chi connectivity index (χ4n) is 2.18. The van der Waals surface area contributed by atoms with E-state index in [4.69, 9.17) is 4.74 Å². The van der Waals surface area contributed by atoms with Crippen LogP contribution in [0.1, 0.15) is 12.5 Å². The van der Waals surface area contributed by atoms with Gasteiger partial charge >= 0.3 is 0 Å². The Labute approximate surface area is 131 Å². The summed E-state index contributed by atoms with van der Waals surface area (Å²) in [6, 6.07) is 7.38. The van der Waals surface area contributed by atoms with Crippen LogP contribution in [-0.2, 0) is 9.59 Å². The molecule has 1 aromatic carbocycles. The van der Waals surface area contributed by atoms with Crippen molar-refractivity contribution < 1.29 is 18.7 Å². The maximum absolute atomic E-state index is 13.3. The van der Waals surface area contributed by atoms with E-state index in [-0.39, 0.29) is 11.6 Å². The highest BCUT2D eigenvalue weighted by molar-refractivity contribution is 6.18. The first-order valence-electron chi connectivity index (χ1n) is 6.93. The smallest absolute Gasteiger partial charge is 0.279 e. The number of nitrogens with zero attached hydrogens (tertiary/aromatic N) is 1. The van der Waals surface area contributed by atoms with E-state index >= 15 is 0 Å². The van der Waals surface area contributed by atoms with Gasteiger partial charge in [0.05, 0.1) is 0 Å². The van der Waals surface area contributed by atoms with Crippen LogP contribution in [0, 0.1) is 12.7 Å². The summed E-state index contributed by atoms with van der Waals surface area (Å²) >= 11 is 0. The molecule has 6 nitrogen and oxygen atoms in total. The topological polar surface area (TPSA) is 80.3 Å². The summed E-state index contributed by atoms with van der Waals surface area (Å²) in [6.07, 6.45) is 1.51. The molecule has 0 saturated carbocycles. The number of carbonyl (C=O) groups is 2. The molecule has 1 aliphatic rings. The van der Waals surface area contributed by atoms with Gasteiger partial charge in [-0.3, -0.25) is 9.59 Å². The van der Waals surface area contributed by atoms with Crippen LogP contribution in [0.2, 0.25) is 0 Å². The van der Waals surface area contributed by atoms with Crippen LogP contribution in [0.3, 0.4) is 0 Å². The zero-order valence-corrected chi connectivity index (χ0v) is 12.5. The van der Waals surface area contributed by atoms with Crippen molar-refractivity contribution in [3.05, 3.63) is 47.9 Å². The Kier molecular flexibility index (Phi) is 3.48. The number of hydrogen-bond acceptors (Lipinski definition) is 4. The van der Waals surface area contributed by atoms with E-state index in [1.54, 1.807) is 19.1 Å². The van der Waals surface area contributed by atoms with Crippen molar-refractivity contribution in [2.45, 2.75) is 19.4 Å². The van der Waals surface area contributed by atoms with Crippen LogP contribution >= 0.6 is 0 Å². The molecule has 118 valence electrons. The van der Waals surface area contributed by atoms with Crippen molar-refractivity contribution in [2.75, 3.05) is 10.6 Å². The lowest BCUT2D eigenvalue weighted by Gasteiger charge is -2.32. The molecule has 0 unspecified atom stereocenters. The summed E-state index contributed by atoms with van der Waals surface area (Å²) in [4.78, 5) is 28.7. The number of rotatable bonds is 2. The quantitative estimate of drug-likeness (QED) is 0.833. The third-order valence-electron chi connectivity index (χ3n) is 3.60. The van der Waals surface area contributed by atoms with Gasteiger partial charge in [-0.1, -0.05) is 0 Å². The van der Waals surface area contributed by atoms with E-state index in [1.807, 2.05) is 0 Å². The third-order valence-corrected chi connectivity index (χ3v) is 3.60. The lowest BCUT2D eigenvalue weighted by molar-refractivity contribution is -0.143. The van der Waals surface area contributed by atoms with E-state index in [0.29, 0.717) is 17.0 Å². The van der Waals surface area contributed by atoms with E-state index in [9.17, 15) is 14.0 Å². The molecule has 0 aliphatic carbocycles. The van der Waals surface area contributed by atoms with Gasteiger partial charge in [-0.05, 0) is 49.7 Å². The molecule has 1 aliphatic heterocycles. The predicted octanol–water partition coefficient (Wildman–Crippen LogP) is 2.26. The van der Waals surface area contributed by atoms with E-state index < -0.39 is 17.4 Å². The highest BCUT2D eigenvalue weighted by atomic mass is 19.1. The van der Waals surface area contributed by atoms with Crippen LogP contribution in [0.25, 0.3) is 0 Å². The Morgan fingerprint density at radius 3 is 2.91 bits per heavy atom. The summed E-state index contributed by atoms with van der Waals surface area (Å²) in [6.45, 7) is 2.95. The van der Waals surface area contributed by atoms with Crippen molar-refractivity contribution in [2.24, 2.45) is 0 Å². The first-order valence-corrected chi connectivity index (χ1v) is 6.93. The van der Waals surface area contributed by atoms with Gasteiger partial charge in [0, 0.05) is 11.9 Å². The number of ether oxygens (including phenoxy) is 1. The van der Waals surface area contributed by atoms with Gasteiger partial charge in [0.1, 0.15) is 5.82 Å². The molecule has 0 bridgehead atoms. The number of hydrogen-bond donors (Lipinski definition) is 2. The number of benzene rings is 1. The van der Waals surface area contributed by atoms with Crippen molar-refractivity contribution in [3.63, 3.8) is 0 Å². The van der Waals surface area contributed by atoms with E-state index in [2.05, 4.69) is 15.6 Å². The predicted molar refractivity (Wildman–Crippen MR) is 81.7 cm³/mol. The first kappa shape index (κ1) is 15.0. The lowest BCUT2D eigenvalue weighted by Crippen LogP contribution is -2.56. The molecule has 1 aromatic heterocycles.